The summed E-state index contributed by atoms with van der Waals surface area (Å²) in [5, 5.41) is 4.16. The van der Waals surface area contributed by atoms with Crippen molar-refractivity contribution in [3.63, 3.8) is 0 Å². The van der Waals surface area contributed by atoms with E-state index in [4.69, 9.17) is 16.3 Å². The lowest BCUT2D eigenvalue weighted by atomic mass is 10.2. The minimum absolute atomic E-state index is 0.0313. The van der Waals surface area contributed by atoms with Gasteiger partial charge in [-0.2, -0.15) is 0 Å². The topological polar surface area (TPSA) is 102 Å². The molecule has 0 spiro atoms. The van der Waals surface area contributed by atoms with Crippen molar-refractivity contribution in [1.82, 2.24) is 0 Å². The zero-order valence-electron chi connectivity index (χ0n) is 16.4. The molecule has 0 bridgehead atoms. The van der Waals surface area contributed by atoms with E-state index in [1.807, 2.05) is 0 Å². The third-order valence-corrected chi connectivity index (χ3v) is 6.57. The van der Waals surface area contributed by atoms with Gasteiger partial charge in [-0.05, 0) is 55.3 Å². The van der Waals surface area contributed by atoms with Gasteiger partial charge in [-0.25, -0.2) is 8.42 Å². The SMILES string of the molecule is CCC(C(=O)Nc1cc(Cl)ccc1C)S(=O)(=O)CC(=O)Nc1ccc(OC)cc1. The number of benzene rings is 2. The monoisotopic (exact) mass is 438 g/mol. The number of amides is 2. The molecule has 0 aliphatic carbocycles. The van der Waals surface area contributed by atoms with Gasteiger partial charge in [-0.15, -0.1) is 0 Å². The normalized spacial score (nSPS) is 12.1. The van der Waals surface area contributed by atoms with Crippen LogP contribution in [0.15, 0.2) is 42.5 Å². The predicted molar refractivity (Wildman–Crippen MR) is 114 cm³/mol. The van der Waals surface area contributed by atoms with Gasteiger partial charge >= 0.3 is 0 Å². The van der Waals surface area contributed by atoms with E-state index in [9.17, 15) is 18.0 Å². The summed E-state index contributed by atoms with van der Waals surface area (Å²) in [5.41, 5.74) is 1.60. The Morgan fingerprint density at radius 1 is 1.10 bits per heavy atom. The van der Waals surface area contributed by atoms with Gasteiger partial charge < -0.3 is 15.4 Å². The number of hydrogen-bond acceptors (Lipinski definition) is 5. The van der Waals surface area contributed by atoms with E-state index in [1.54, 1.807) is 56.3 Å². The van der Waals surface area contributed by atoms with E-state index < -0.39 is 32.7 Å². The molecule has 29 heavy (non-hydrogen) atoms. The molecule has 2 aromatic carbocycles. The fraction of sp³-hybridized carbons (Fsp3) is 0.300. The molecule has 7 nitrogen and oxygen atoms in total. The van der Waals surface area contributed by atoms with Crippen LogP contribution in [0.4, 0.5) is 11.4 Å². The molecule has 0 aromatic heterocycles. The molecule has 0 saturated carbocycles. The molecule has 156 valence electrons. The number of hydrogen-bond donors (Lipinski definition) is 2. The van der Waals surface area contributed by atoms with Crippen LogP contribution in [0.5, 0.6) is 5.75 Å². The Bertz CT molecular complexity index is 990. The lowest BCUT2D eigenvalue weighted by molar-refractivity contribution is -0.115. The van der Waals surface area contributed by atoms with Crippen LogP contribution in [0.3, 0.4) is 0 Å². The van der Waals surface area contributed by atoms with Crippen molar-refractivity contribution in [2.45, 2.75) is 25.5 Å². The molecule has 0 heterocycles. The molecule has 0 aliphatic heterocycles. The van der Waals surface area contributed by atoms with E-state index >= 15 is 0 Å². The van der Waals surface area contributed by atoms with Crippen LogP contribution < -0.4 is 15.4 Å². The zero-order chi connectivity index (χ0) is 21.6. The molecule has 0 aliphatic rings. The van der Waals surface area contributed by atoms with E-state index in [1.165, 1.54) is 7.11 Å². The molecule has 2 amide bonds. The Morgan fingerprint density at radius 3 is 2.34 bits per heavy atom. The highest BCUT2D eigenvalue weighted by atomic mass is 35.5. The second-order valence-corrected chi connectivity index (χ2v) is 9.05. The zero-order valence-corrected chi connectivity index (χ0v) is 17.9. The predicted octanol–water partition coefficient (Wildman–Crippen LogP) is 3.43. The van der Waals surface area contributed by atoms with Crippen molar-refractivity contribution in [1.29, 1.82) is 0 Å². The van der Waals surface area contributed by atoms with Crippen molar-refractivity contribution < 1.29 is 22.7 Å². The molecule has 0 radical (unpaired) electrons. The molecule has 1 atom stereocenters. The summed E-state index contributed by atoms with van der Waals surface area (Å²) in [5.74, 6) is -1.62. The summed E-state index contributed by atoms with van der Waals surface area (Å²) in [6, 6.07) is 11.4. The van der Waals surface area contributed by atoms with E-state index in [-0.39, 0.29) is 6.42 Å². The average Bonchev–Trinajstić information content (AvgIpc) is 2.65. The summed E-state index contributed by atoms with van der Waals surface area (Å²) in [6.07, 6.45) is 0.0313. The summed E-state index contributed by atoms with van der Waals surface area (Å²) >= 11 is 5.94. The summed E-state index contributed by atoms with van der Waals surface area (Å²) in [7, 11) is -2.51. The maximum absolute atomic E-state index is 12.7. The molecule has 0 fully saturated rings. The van der Waals surface area contributed by atoms with E-state index in [0.29, 0.717) is 22.1 Å². The summed E-state index contributed by atoms with van der Waals surface area (Å²) in [6.45, 7) is 3.34. The number of rotatable bonds is 8. The first-order valence-corrected chi connectivity index (χ1v) is 11.0. The molecule has 1 unspecified atom stereocenters. The minimum atomic E-state index is -4.03. The first kappa shape index (κ1) is 22.7. The van der Waals surface area contributed by atoms with Crippen molar-refractivity contribution in [3.05, 3.63) is 53.1 Å². The van der Waals surface area contributed by atoms with Crippen LogP contribution in [0.2, 0.25) is 5.02 Å². The van der Waals surface area contributed by atoms with Crippen molar-refractivity contribution in [3.8, 4) is 5.75 Å². The van der Waals surface area contributed by atoms with Crippen LogP contribution in [0, 0.1) is 6.92 Å². The summed E-state index contributed by atoms with van der Waals surface area (Å²) < 4.78 is 30.4. The maximum atomic E-state index is 12.7. The Hall–Kier alpha value is -2.58. The molecule has 2 rings (SSSR count). The second-order valence-electron chi connectivity index (χ2n) is 6.43. The molecule has 2 aromatic rings. The number of methoxy groups -OCH3 is 1. The average molecular weight is 439 g/mol. The number of sulfone groups is 1. The van der Waals surface area contributed by atoms with Gasteiger partial charge in [0.25, 0.3) is 0 Å². The number of nitrogens with one attached hydrogen (secondary N) is 2. The van der Waals surface area contributed by atoms with Gasteiger partial charge in [0.05, 0.1) is 7.11 Å². The minimum Gasteiger partial charge on any atom is -0.497 e. The third kappa shape index (κ3) is 6.20. The second kappa shape index (κ2) is 9.76. The Labute approximate surface area is 175 Å². The standard InChI is InChI=1S/C20H23ClN2O5S/c1-4-18(20(25)23-17-11-14(21)6-5-13(17)2)29(26,27)12-19(24)22-15-7-9-16(28-3)10-8-15/h5-11,18H,4,12H2,1-3H3,(H,22,24)(H,23,25). The fourth-order valence-electron chi connectivity index (χ4n) is 2.70. The molecular formula is C20H23ClN2O5S. The number of anilines is 2. The molecular weight excluding hydrogens is 416 g/mol. The first-order valence-electron chi connectivity index (χ1n) is 8.88. The smallest absolute Gasteiger partial charge is 0.242 e. The largest absolute Gasteiger partial charge is 0.497 e. The Balaban J connectivity index is 2.08. The third-order valence-electron chi connectivity index (χ3n) is 4.26. The van der Waals surface area contributed by atoms with E-state index in [2.05, 4.69) is 10.6 Å². The van der Waals surface area contributed by atoms with Crippen LogP contribution in [0.1, 0.15) is 18.9 Å². The van der Waals surface area contributed by atoms with Gasteiger partial charge in [0.15, 0.2) is 9.84 Å². The maximum Gasteiger partial charge on any atom is 0.242 e. The lowest BCUT2D eigenvalue weighted by Crippen LogP contribution is -2.39. The number of carbonyl (C=O) groups excluding carboxylic acids is 2. The highest BCUT2D eigenvalue weighted by molar-refractivity contribution is 7.93. The van der Waals surface area contributed by atoms with Gasteiger partial charge in [0.2, 0.25) is 11.8 Å². The van der Waals surface area contributed by atoms with Crippen LogP contribution in [-0.4, -0.2) is 38.3 Å². The van der Waals surface area contributed by atoms with Gasteiger partial charge in [-0.3, -0.25) is 9.59 Å². The molecule has 9 heteroatoms. The first-order chi connectivity index (χ1) is 13.7. The quantitative estimate of drug-likeness (QED) is 0.657. The number of aryl methyl sites for hydroxylation is 1. The molecule has 2 N–H and O–H groups in total. The fourth-order valence-corrected chi connectivity index (χ4v) is 4.40. The van der Waals surface area contributed by atoms with Gasteiger partial charge in [0.1, 0.15) is 16.8 Å². The highest BCUT2D eigenvalue weighted by Crippen LogP contribution is 2.22. The van der Waals surface area contributed by atoms with Crippen LogP contribution in [-0.2, 0) is 19.4 Å². The van der Waals surface area contributed by atoms with Crippen molar-refractivity contribution in [2.75, 3.05) is 23.5 Å². The van der Waals surface area contributed by atoms with Crippen LogP contribution >= 0.6 is 11.6 Å². The Kier molecular flexibility index (Phi) is 7.64. The molecule has 0 saturated heterocycles. The van der Waals surface area contributed by atoms with Crippen LogP contribution in [0.25, 0.3) is 0 Å². The number of halogens is 1. The van der Waals surface area contributed by atoms with E-state index in [0.717, 1.165) is 5.56 Å². The highest BCUT2D eigenvalue weighted by Gasteiger charge is 2.33. The lowest BCUT2D eigenvalue weighted by Gasteiger charge is -2.17. The van der Waals surface area contributed by atoms with Crippen molar-refractivity contribution in [2.24, 2.45) is 0 Å². The van der Waals surface area contributed by atoms with Gasteiger partial charge in [-0.1, -0.05) is 24.6 Å². The summed E-state index contributed by atoms with van der Waals surface area (Å²) in [4.78, 5) is 24.8. The van der Waals surface area contributed by atoms with Crippen molar-refractivity contribution >= 4 is 44.6 Å². The van der Waals surface area contributed by atoms with Gasteiger partial charge in [0, 0.05) is 16.4 Å². The number of carbonyl (C=O) groups is 2. The number of ether oxygens (including phenoxy) is 1. The Morgan fingerprint density at radius 2 is 1.76 bits per heavy atom.